The van der Waals surface area contributed by atoms with Gasteiger partial charge in [0.15, 0.2) is 5.82 Å². The fourth-order valence-corrected chi connectivity index (χ4v) is 2.43. The first-order valence-corrected chi connectivity index (χ1v) is 6.10. The molecule has 0 aliphatic heterocycles. The van der Waals surface area contributed by atoms with Crippen LogP contribution in [0.2, 0.25) is 0 Å². The number of halogens is 2. The summed E-state index contributed by atoms with van der Waals surface area (Å²) in [6, 6.07) is 5.06. The van der Waals surface area contributed by atoms with E-state index in [-0.39, 0.29) is 11.1 Å². The van der Waals surface area contributed by atoms with Crippen LogP contribution in [0.4, 0.5) is 4.39 Å². The van der Waals surface area contributed by atoms with Gasteiger partial charge in [0.25, 0.3) is 0 Å². The SMILES string of the molecule is N#Cc1ccc(SCCCO)c(F)c1Br. The average molecular weight is 290 g/mol. The highest BCUT2D eigenvalue weighted by Crippen LogP contribution is 2.29. The first-order valence-electron chi connectivity index (χ1n) is 4.32. The molecule has 2 nitrogen and oxygen atoms in total. The Balaban J connectivity index is 2.83. The minimum atomic E-state index is -0.406. The van der Waals surface area contributed by atoms with Crippen LogP contribution in [0.1, 0.15) is 12.0 Å². The van der Waals surface area contributed by atoms with Crippen LogP contribution in [-0.4, -0.2) is 17.5 Å². The van der Waals surface area contributed by atoms with Crippen molar-refractivity contribution >= 4 is 27.7 Å². The summed E-state index contributed by atoms with van der Waals surface area (Å²) in [7, 11) is 0. The van der Waals surface area contributed by atoms with Crippen LogP contribution in [-0.2, 0) is 0 Å². The first-order chi connectivity index (χ1) is 7.20. The summed E-state index contributed by atoms with van der Waals surface area (Å²) in [5.41, 5.74) is 0.291. The molecule has 0 radical (unpaired) electrons. The molecule has 1 aromatic carbocycles. The van der Waals surface area contributed by atoms with Gasteiger partial charge in [-0.2, -0.15) is 5.26 Å². The second kappa shape index (κ2) is 6.11. The predicted octanol–water partition coefficient (Wildman–Crippen LogP) is 2.93. The molecule has 5 heteroatoms. The Morgan fingerprint density at radius 1 is 1.53 bits per heavy atom. The van der Waals surface area contributed by atoms with Crippen molar-refractivity contribution in [3.05, 3.63) is 28.0 Å². The summed E-state index contributed by atoms with van der Waals surface area (Å²) in [4.78, 5) is 0.495. The standard InChI is InChI=1S/C10H9BrFNOS/c11-9-7(6-13)2-3-8(10(9)12)15-5-1-4-14/h2-3,14H,1,4-5H2. The third-order valence-corrected chi connectivity index (χ3v) is 3.62. The van der Waals surface area contributed by atoms with Gasteiger partial charge in [0.2, 0.25) is 0 Å². The van der Waals surface area contributed by atoms with Gasteiger partial charge in [-0.25, -0.2) is 4.39 Å². The van der Waals surface area contributed by atoms with Crippen molar-refractivity contribution in [2.24, 2.45) is 0 Å². The molecule has 0 amide bonds. The van der Waals surface area contributed by atoms with Crippen LogP contribution in [0.25, 0.3) is 0 Å². The average Bonchev–Trinajstić information content (AvgIpc) is 2.25. The number of hydrogen-bond acceptors (Lipinski definition) is 3. The third-order valence-electron chi connectivity index (χ3n) is 1.73. The molecule has 1 aromatic rings. The Hall–Kier alpha value is -0.570. The van der Waals surface area contributed by atoms with E-state index in [4.69, 9.17) is 10.4 Å². The Bertz CT molecular complexity index is 392. The normalized spacial score (nSPS) is 10.0. The van der Waals surface area contributed by atoms with Gasteiger partial charge < -0.3 is 5.11 Å². The minimum Gasteiger partial charge on any atom is -0.396 e. The van der Waals surface area contributed by atoms with E-state index in [1.165, 1.54) is 11.8 Å². The molecule has 80 valence electrons. The third kappa shape index (κ3) is 3.20. The summed E-state index contributed by atoms with van der Waals surface area (Å²) in [5, 5.41) is 17.3. The molecule has 0 bridgehead atoms. The van der Waals surface area contributed by atoms with Crippen molar-refractivity contribution in [2.45, 2.75) is 11.3 Å². The lowest BCUT2D eigenvalue weighted by atomic mass is 10.2. The number of aliphatic hydroxyl groups excluding tert-OH is 1. The number of benzene rings is 1. The van der Waals surface area contributed by atoms with E-state index in [1.54, 1.807) is 12.1 Å². The maximum Gasteiger partial charge on any atom is 0.152 e. The fourth-order valence-electron chi connectivity index (χ4n) is 0.976. The molecule has 0 heterocycles. The zero-order valence-corrected chi connectivity index (χ0v) is 10.2. The van der Waals surface area contributed by atoms with E-state index in [9.17, 15) is 4.39 Å². The Kier molecular flexibility index (Phi) is 5.09. The number of hydrogen-bond donors (Lipinski definition) is 1. The van der Waals surface area contributed by atoms with Gasteiger partial charge in [-0.15, -0.1) is 11.8 Å². The van der Waals surface area contributed by atoms with E-state index >= 15 is 0 Å². The maximum atomic E-state index is 13.6. The molecule has 0 spiro atoms. The first kappa shape index (κ1) is 12.5. The summed E-state index contributed by atoms with van der Waals surface area (Å²) in [5.74, 6) is 0.253. The van der Waals surface area contributed by atoms with E-state index in [0.29, 0.717) is 22.6 Å². The predicted molar refractivity (Wildman–Crippen MR) is 61.2 cm³/mol. The molecule has 0 saturated carbocycles. The van der Waals surface area contributed by atoms with Gasteiger partial charge in [-0.3, -0.25) is 0 Å². The second-order valence-electron chi connectivity index (χ2n) is 2.78. The number of aliphatic hydroxyl groups is 1. The lowest BCUT2D eigenvalue weighted by Gasteiger charge is -2.04. The molecular weight excluding hydrogens is 281 g/mol. The highest BCUT2D eigenvalue weighted by molar-refractivity contribution is 9.10. The van der Waals surface area contributed by atoms with Crippen molar-refractivity contribution in [1.29, 1.82) is 5.26 Å². The van der Waals surface area contributed by atoms with E-state index in [0.717, 1.165) is 0 Å². The van der Waals surface area contributed by atoms with Gasteiger partial charge in [0.1, 0.15) is 6.07 Å². The Morgan fingerprint density at radius 3 is 2.87 bits per heavy atom. The molecular formula is C10H9BrFNOS. The lowest BCUT2D eigenvalue weighted by Crippen LogP contribution is -1.90. The monoisotopic (exact) mass is 289 g/mol. The smallest absolute Gasteiger partial charge is 0.152 e. The highest BCUT2D eigenvalue weighted by atomic mass is 79.9. The van der Waals surface area contributed by atoms with E-state index in [1.807, 2.05) is 6.07 Å². The van der Waals surface area contributed by atoms with Crippen molar-refractivity contribution in [3.63, 3.8) is 0 Å². The Labute approximate surface area is 100 Å². The molecule has 0 unspecified atom stereocenters. The Morgan fingerprint density at radius 2 is 2.27 bits per heavy atom. The molecule has 0 saturated heterocycles. The summed E-state index contributed by atoms with van der Waals surface area (Å²) < 4.78 is 13.8. The van der Waals surface area contributed by atoms with E-state index < -0.39 is 5.82 Å². The number of rotatable bonds is 4. The zero-order valence-electron chi connectivity index (χ0n) is 7.83. The van der Waals surface area contributed by atoms with Crippen LogP contribution in [0, 0.1) is 17.1 Å². The second-order valence-corrected chi connectivity index (χ2v) is 4.71. The maximum absolute atomic E-state index is 13.6. The summed E-state index contributed by atoms with van der Waals surface area (Å²) in [6.45, 7) is 0.103. The highest BCUT2D eigenvalue weighted by Gasteiger charge is 2.10. The van der Waals surface area contributed by atoms with Crippen molar-refractivity contribution < 1.29 is 9.50 Å². The van der Waals surface area contributed by atoms with Crippen LogP contribution < -0.4 is 0 Å². The van der Waals surface area contributed by atoms with Crippen LogP contribution in [0.5, 0.6) is 0 Å². The molecule has 0 aromatic heterocycles. The number of thioether (sulfide) groups is 1. The fraction of sp³-hybridized carbons (Fsp3) is 0.300. The molecule has 1 rings (SSSR count). The van der Waals surface area contributed by atoms with Crippen LogP contribution in [0.3, 0.4) is 0 Å². The van der Waals surface area contributed by atoms with Crippen LogP contribution >= 0.6 is 27.7 Å². The van der Waals surface area contributed by atoms with Gasteiger partial charge in [0, 0.05) is 17.3 Å². The minimum absolute atomic E-state index is 0.103. The number of nitrogens with zero attached hydrogens (tertiary/aromatic N) is 1. The quantitative estimate of drug-likeness (QED) is 0.685. The molecule has 0 atom stereocenters. The molecule has 15 heavy (non-hydrogen) atoms. The lowest BCUT2D eigenvalue weighted by molar-refractivity contribution is 0.296. The molecule has 0 fully saturated rings. The van der Waals surface area contributed by atoms with Gasteiger partial charge in [-0.1, -0.05) is 0 Å². The molecule has 0 aliphatic rings. The van der Waals surface area contributed by atoms with Gasteiger partial charge in [0.05, 0.1) is 10.0 Å². The van der Waals surface area contributed by atoms with Crippen molar-refractivity contribution in [1.82, 2.24) is 0 Å². The summed E-state index contributed by atoms with van der Waals surface area (Å²) in [6.07, 6.45) is 0.627. The molecule has 0 aliphatic carbocycles. The zero-order chi connectivity index (χ0) is 11.3. The number of nitriles is 1. The largest absolute Gasteiger partial charge is 0.396 e. The van der Waals surface area contributed by atoms with Gasteiger partial charge in [-0.05, 0) is 34.5 Å². The van der Waals surface area contributed by atoms with Crippen molar-refractivity contribution in [3.8, 4) is 6.07 Å². The molecule has 1 N–H and O–H groups in total. The van der Waals surface area contributed by atoms with Crippen LogP contribution in [0.15, 0.2) is 21.5 Å². The topological polar surface area (TPSA) is 44.0 Å². The van der Waals surface area contributed by atoms with Crippen molar-refractivity contribution in [2.75, 3.05) is 12.4 Å². The van der Waals surface area contributed by atoms with E-state index in [2.05, 4.69) is 15.9 Å². The van der Waals surface area contributed by atoms with Gasteiger partial charge >= 0.3 is 0 Å². The summed E-state index contributed by atoms with van der Waals surface area (Å²) >= 11 is 4.37.